The second-order valence-corrected chi connectivity index (χ2v) is 12.2. The minimum atomic E-state index is -1.63. The molecule has 262 valence electrons. The van der Waals surface area contributed by atoms with E-state index in [-0.39, 0.29) is 39.7 Å². The molecule has 50 heavy (non-hydrogen) atoms. The van der Waals surface area contributed by atoms with Crippen molar-refractivity contribution in [2.75, 3.05) is 13.8 Å². The number of alkyl halides is 1. The third-order valence-electron chi connectivity index (χ3n) is 8.46. The predicted octanol–water partition coefficient (Wildman–Crippen LogP) is 2.51. The molecule has 5 rings (SSSR count). The number of amides is 3. The highest BCUT2D eigenvalue weighted by Gasteiger charge is 2.54. The number of phenols is 2. The Kier molecular flexibility index (Phi) is 9.79. The number of rotatable bonds is 11. The summed E-state index contributed by atoms with van der Waals surface area (Å²) in [5.74, 6) is -5.37. The van der Waals surface area contributed by atoms with Crippen LogP contribution in [0.2, 0.25) is 0 Å². The van der Waals surface area contributed by atoms with Crippen molar-refractivity contribution in [3.8, 4) is 23.0 Å². The molecule has 15 heteroatoms. The molecule has 2 aliphatic heterocycles. The maximum absolute atomic E-state index is 13.7. The van der Waals surface area contributed by atoms with Gasteiger partial charge in [-0.2, -0.15) is 0 Å². The van der Waals surface area contributed by atoms with Gasteiger partial charge in [-0.3, -0.25) is 24.0 Å². The van der Waals surface area contributed by atoms with Crippen molar-refractivity contribution >= 4 is 35.4 Å². The number of ketones is 1. The third kappa shape index (κ3) is 6.53. The molecule has 1 spiro atoms. The van der Waals surface area contributed by atoms with E-state index in [4.69, 9.17) is 9.47 Å². The molecule has 2 aliphatic rings. The van der Waals surface area contributed by atoms with Gasteiger partial charge in [0.15, 0.2) is 11.4 Å². The molecule has 5 N–H and O–H groups in total. The molecule has 3 amide bonds. The molecule has 0 saturated heterocycles. The molecule has 14 nitrogen and oxygen atoms in total. The van der Waals surface area contributed by atoms with Gasteiger partial charge in [-0.1, -0.05) is 13.8 Å². The molecule has 0 bridgehead atoms. The number of Topliss-reactive ketones (excluding diaryl/α,β-unsaturated/α-hetero) is 1. The van der Waals surface area contributed by atoms with Crippen molar-refractivity contribution < 1.29 is 57.6 Å². The fourth-order valence-electron chi connectivity index (χ4n) is 5.85. The highest BCUT2D eigenvalue weighted by atomic mass is 19.1. The van der Waals surface area contributed by atoms with E-state index >= 15 is 0 Å². The van der Waals surface area contributed by atoms with Gasteiger partial charge in [0.25, 0.3) is 5.91 Å². The van der Waals surface area contributed by atoms with Crippen molar-refractivity contribution in [3.05, 3.63) is 82.4 Å². The molecule has 0 saturated carbocycles. The van der Waals surface area contributed by atoms with Gasteiger partial charge in [-0.25, -0.2) is 9.18 Å². The zero-order valence-corrected chi connectivity index (χ0v) is 27.4. The summed E-state index contributed by atoms with van der Waals surface area (Å²) < 4.78 is 29.5. The number of halogens is 1. The van der Waals surface area contributed by atoms with Crippen molar-refractivity contribution in [2.45, 2.75) is 50.9 Å². The van der Waals surface area contributed by atoms with Crippen molar-refractivity contribution in [1.82, 2.24) is 16.0 Å². The molecule has 3 aromatic carbocycles. The van der Waals surface area contributed by atoms with Gasteiger partial charge in [0, 0.05) is 34.4 Å². The topological polar surface area (TPSA) is 207 Å². The van der Waals surface area contributed by atoms with E-state index in [1.807, 2.05) is 0 Å². The monoisotopic (exact) mass is 691 g/mol. The van der Waals surface area contributed by atoms with Gasteiger partial charge in [-0.05, 0) is 55.3 Å². The predicted molar refractivity (Wildman–Crippen MR) is 171 cm³/mol. The Morgan fingerprint density at radius 1 is 0.840 bits per heavy atom. The maximum atomic E-state index is 13.7. The SMILES string of the molecule is COC(=O)CC(NC(=O)[C@H](C)NC(=O)[C@@H](NC(=O)c1ccc2c(c1)C1(OC2=O)c2ccc(O)cc2Oc2cc(O)ccc21)C(C)C)C(=O)CF. The highest BCUT2D eigenvalue weighted by Crippen LogP contribution is 2.57. The zero-order chi connectivity index (χ0) is 36.5. The standard InChI is InChI=1S/C35H34FN3O11/c1-16(2)30(33(46)37-17(3)31(44)38-25(26(42)15-36)14-29(43)48-4)39-32(45)18-5-8-21-24(11-18)35(50-34(21)47)22-9-6-19(40)12-27(22)49-28-13-20(41)7-10-23(28)35/h5-13,16-17,25,30,40-41H,14-15H2,1-4H3,(H,37,46)(H,38,44)(H,39,45)/t17-,25?,30-/m0/s1. The maximum Gasteiger partial charge on any atom is 0.340 e. The van der Waals surface area contributed by atoms with Crippen LogP contribution in [0.5, 0.6) is 23.0 Å². The zero-order valence-electron chi connectivity index (χ0n) is 27.4. The quantitative estimate of drug-likeness (QED) is 0.185. The molecule has 1 unspecified atom stereocenters. The number of carbonyl (C=O) groups excluding carboxylic acids is 6. The van der Waals surface area contributed by atoms with Crippen LogP contribution in [0.4, 0.5) is 4.39 Å². The summed E-state index contributed by atoms with van der Waals surface area (Å²) in [6.07, 6.45) is -0.607. The average Bonchev–Trinajstić information content (AvgIpc) is 3.36. The van der Waals surface area contributed by atoms with Gasteiger partial charge in [0.05, 0.1) is 19.1 Å². The molecule has 0 aromatic heterocycles. The second-order valence-electron chi connectivity index (χ2n) is 12.2. The molecule has 0 radical (unpaired) electrons. The first kappa shape index (κ1) is 35.3. The van der Waals surface area contributed by atoms with Crippen LogP contribution in [0.3, 0.4) is 0 Å². The van der Waals surface area contributed by atoms with Crippen LogP contribution < -0.4 is 20.7 Å². The van der Waals surface area contributed by atoms with Crippen molar-refractivity contribution in [1.29, 1.82) is 0 Å². The van der Waals surface area contributed by atoms with Crippen molar-refractivity contribution in [2.24, 2.45) is 5.92 Å². The third-order valence-corrected chi connectivity index (χ3v) is 8.46. The molecule has 2 heterocycles. The van der Waals surface area contributed by atoms with E-state index < -0.39 is 78.2 Å². The lowest BCUT2D eigenvalue weighted by molar-refractivity contribution is -0.143. The summed E-state index contributed by atoms with van der Waals surface area (Å²) in [5.41, 5.74) is -0.444. The van der Waals surface area contributed by atoms with Crippen LogP contribution in [0, 0.1) is 5.92 Å². The lowest BCUT2D eigenvalue weighted by atomic mass is 9.77. The Morgan fingerprint density at radius 3 is 2.02 bits per heavy atom. The van der Waals surface area contributed by atoms with Crippen LogP contribution >= 0.6 is 0 Å². The Hall–Kier alpha value is -5.99. The summed E-state index contributed by atoms with van der Waals surface area (Å²) in [4.78, 5) is 76.7. The molecule has 3 aromatic rings. The van der Waals surface area contributed by atoms with Gasteiger partial charge < -0.3 is 40.4 Å². The number of ether oxygens (including phenoxy) is 3. The van der Waals surface area contributed by atoms with E-state index in [2.05, 4.69) is 20.7 Å². The van der Waals surface area contributed by atoms with Crippen LogP contribution in [-0.4, -0.2) is 77.6 Å². The van der Waals surface area contributed by atoms with E-state index in [9.17, 15) is 43.4 Å². The van der Waals surface area contributed by atoms with Gasteiger partial charge in [0.1, 0.15) is 47.8 Å². The number of nitrogens with one attached hydrogen (secondary N) is 3. The number of esters is 2. The van der Waals surface area contributed by atoms with E-state index in [1.54, 1.807) is 13.8 Å². The fraction of sp³-hybridized carbons (Fsp3) is 0.314. The lowest BCUT2D eigenvalue weighted by Crippen LogP contribution is -2.56. The molecular weight excluding hydrogens is 657 g/mol. The van der Waals surface area contributed by atoms with E-state index in [0.717, 1.165) is 7.11 Å². The summed E-state index contributed by atoms with van der Waals surface area (Å²) >= 11 is 0. The number of fused-ring (bicyclic) bond motifs is 6. The second kappa shape index (κ2) is 13.9. The minimum Gasteiger partial charge on any atom is -0.508 e. The minimum absolute atomic E-state index is 0.0493. The smallest absolute Gasteiger partial charge is 0.340 e. The van der Waals surface area contributed by atoms with Crippen LogP contribution in [-0.2, 0) is 34.3 Å². The normalized spacial score (nSPS) is 15.3. The van der Waals surface area contributed by atoms with E-state index in [0.29, 0.717) is 11.1 Å². The number of phenolic OH excluding ortho intramolecular Hbond substituents is 2. The van der Waals surface area contributed by atoms with Crippen LogP contribution in [0.15, 0.2) is 54.6 Å². The van der Waals surface area contributed by atoms with Crippen molar-refractivity contribution in [3.63, 3.8) is 0 Å². The average molecular weight is 692 g/mol. The van der Waals surface area contributed by atoms with Gasteiger partial charge in [0.2, 0.25) is 11.8 Å². The Morgan fingerprint density at radius 2 is 1.46 bits per heavy atom. The number of hydrogen-bond donors (Lipinski definition) is 5. The first-order valence-electron chi connectivity index (χ1n) is 15.5. The fourth-order valence-corrected chi connectivity index (χ4v) is 5.85. The molecule has 0 aliphatic carbocycles. The Balaban J connectivity index is 1.40. The Labute approximate surface area is 284 Å². The number of methoxy groups -OCH3 is 1. The lowest BCUT2D eigenvalue weighted by Gasteiger charge is -2.36. The summed E-state index contributed by atoms with van der Waals surface area (Å²) in [6.45, 7) is 3.19. The van der Waals surface area contributed by atoms with Gasteiger partial charge in [-0.15, -0.1) is 0 Å². The number of hydrogen-bond acceptors (Lipinski definition) is 11. The van der Waals surface area contributed by atoms with Gasteiger partial charge >= 0.3 is 11.9 Å². The van der Waals surface area contributed by atoms with E-state index in [1.165, 1.54) is 61.5 Å². The largest absolute Gasteiger partial charge is 0.508 e. The highest BCUT2D eigenvalue weighted by molar-refractivity contribution is 6.02. The Bertz CT molecular complexity index is 1860. The number of aromatic hydroxyl groups is 2. The summed E-state index contributed by atoms with van der Waals surface area (Å²) in [5, 5.41) is 27.7. The summed E-state index contributed by atoms with van der Waals surface area (Å²) in [7, 11) is 1.07. The summed E-state index contributed by atoms with van der Waals surface area (Å²) in [6, 6.07) is 8.80. The molecule has 0 fully saturated rings. The molecule has 3 atom stereocenters. The van der Waals surface area contributed by atoms with Crippen LogP contribution in [0.1, 0.15) is 64.6 Å². The van der Waals surface area contributed by atoms with Crippen LogP contribution in [0.25, 0.3) is 0 Å². The first-order valence-corrected chi connectivity index (χ1v) is 15.5. The number of benzene rings is 3. The molecular formula is C35H34FN3O11. The first-order chi connectivity index (χ1) is 23.7. The number of carbonyl (C=O) groups is 6.